The Morgan fingerprint density at radius 3 is 2.06 bits per heavy atom. The van der Waals surface area contributed by atoms with Crippen LogP contribution in [0.3, 0.4) is 0 Å². The van der Waals surface area contributed by atoms with Gasteiger partial charge in [-0.1, -0.05) is 81.8 Å². The number of methoxy groups -OCH3 is 1. The predicted molar refractivity (Wildman–Crippen MR) is 140 cm³/mol. The van der Waals surface area contributed by atoms with Crippen molar-refractivity contribution in [3.05, 3.63) is 54.1 Å². The molecule has 2 aromatic rings. The van der Waals surface area contributed by atoms with Gasteiger partial charge in [-0.15, -0.1) is 0 Å². The number of carboxylic acids is 1. The second kappa shape index (κ2) is 11.0. The molecule has 2 aliphatic rings. The van der Waals surface area contributed by atoms with E-state index >= 15 is 0 Å². The zero-order valence-corrected chi connectivity index (χ0v) is 21.4. The van der Waals surface area contributed by atoms with Crippen LogP contribution in [0.25, 0.3) is 11.1 Å². The molecule has 4 nitrogen and oxygen atoms in total. The number of Topliss-reactive ketones (excluding diaryl/α,β-unsaturated/α-hetero) is 1. The lowest BCUT2D eigenvalue weighted by atomic mass is 9.45. The maximum atomic E-state index is 13.9. The molecule has 0 saturated heterocycles. The molecule has 2 aromatic carbocycles. The molecule has 35 heavy (non-hydrogen) atoms. The monoisotopic (exact) mass is 476 g/mol. The minimum absolute atomic E-state index is 0.0450. The van der Waals surface area contributed by atoms with Gasteiger partial charge in [-0.3, -0.25) is 9.59 Å². The molecule has 2 aliphatic carbocycles. The highest BCUT2D eigenvalue weighted by Gasteiger charge is 2.64. The highest BCUT2D eigenvalue weighted by Crippen LogP contribution is 2.60. The first-order valence-corrected chi connectivity index (χ1v) is 13.5. The SMILES string of the molecule is CCCCC(=O)C1(C(=O)O)CCCCC1(c1ccc(-c2ccc(OC)cc2)cc1)C1CCCCC1. The Morgan fingerprint density at radius 2 is 1.49 bits per heavy atom. The summed E-state index contributed by atoms with van der Waals surface area (Å²) >= 11 is 0. The van der Waals surface area contributed by atoms with Gasteiger partial charge < -0.3 is 9.84 Å². The van der Waals surface area contributed by atoms with Crippen LogP contribution in [-0.4, -0.2) is 24.0 Å². The lowest BCUT2D eigenvalue weighted by Gasteiger charge is -2.55. The Bertz CT molecular complexity index is 1000. The van der Waals surface area contributed by atoms with E-state index in [9.17, 15) is 14.7 Å². The molecule has 4 heteroatoms. The zero-order valence-electron chi connectivity index (χ0n) is 21.4. The summed E-state index contributed by atoms with van der Waals surface area (Å²) in [5, 5.41) is 10.8. The summed E-state index contributed by atoms with van der Waals surface area (Å²) in [7, 11) is 1.66. The first kappa shape index (κ1) is 25.5. The molecule has 188 valence electrons. The predicted octanol–water partition coefficient (Wildman–Crippen LogP) is 7.58. The van der Waals surface area contributed by atoms with E-state index in [0.29, 0.717) is 12.8 Å². The number of unbranched alkanes of at least 4 members (excludes halogenated alkanes) is 1. The summed E-state index contributed by atoms with van der Waals surface area (Å²) in [4.78, 5) is 27.1. The van der Waals surface area contributed by atoms with Crippen LogP contribution in [0.4, 0.5) is 0 Å². The van der Waals surface area contributed by atoms with E-state index < -0.39 is 16.8 Å². The minimum Gasteiger partial charge on any atom is -0.497 e. The van der Waals surface area contributed by atoms with Crippen LogP contribution in [0.5, 0.6) is 5.75 Å². The number of aliphatic carboxylic acids is 1. The van der Waals surface area contributed by atoms with E-state index in [0.717, 1.165) is 80.2 Å². The molecule has 0 heterocycles. The maximum absolute atomic E-state index is 13.9. The van der Waals surface area contributed by atoms with Gasteiger partial charge in [0.1, 0.15) is 11.2 Å². The average Bonchev–Trinajstić information content (AvgIpc) is 2.92. The molecule has 0 amide bonds. The molecule has 0 radical (unpaired) electrons. The summed E-state index contributed by atoms with van der Waals surface area (Å²) in [6.07, 6.45) is 10.5. The van der Waals surface area contributed by atoms with E-state index in [4.69, 9.17) is 4.74 Å². The molecule has 0 aromatic heterocycles. The Morgan fingerprint density at radius 1 is 0.886 bits per heavy atom. The molecule has 2 saturated carbocycles. The molecule has 2 unspecified atom stereocenters. The average molecular weight is 477 g/mol. The van der Waals surface area contributed by atoms with Gasteiger partial charge >= 0.3 is 5.97 Å². The third-order valence-corrected chi connectivity index (χ3v) is 8.86. The summed E-state index contributed by atoms with van der Waals surface area (Å²) < 4.78 is 5.29. The highest BCUT2D eigenvalue weighted by molar-refractivity contribution is 6.05. The van der Waals surface area contributed by atoms with Gasteiger partial charge in [0.05, 0.1) is 7.11 Å². The van der Waals surface area contributed by atoms with Crippen molar-refractivity contribution in [2.24, 2.45) is 11.3 Å². The standard InChI is InChI=1S/C31H40O4/c1-3-4-12-28(32)31(29(33)34)22-9-8-21-30(31,25-10-6-5-7-11-25)26-17-13-23(14-18-26)24-15-19-27(35-2)20-16-24/h13-20,25H,3-12,21-22H2,1-2H3,(H,33,34). The third kappa shape index (κ3) is 4.52. The number of hydrogen-bond donors (Lipinski definition) is 1. The van der Waals surface area contributed by atoms with Gasteiger partial charge in [-0.25, -0.2) is 0 Å². The Balaban J connectivity index is 1.83. The number of ketones is 1. The fourth-order valence-electron chi connectivity index (χ4n) is 7.10. The number of ether oxygens (including phenoxy) is 1. The van der Waals surface area contributed by atoms with Crippen LogP contribution in [0.1, 0.15) is 89.5 Å². The molecule has 2 atom stereocenters. The van der Waals surface area contributed by atoms with Crippen LogP contribution in [0.2, 0.25) is 0 Å². The molecule has 1 N–H and O–H groups in total. The van der Waals surface area contributed by atoms with Gasteiger partial charge in [0.2, 0.25) is 0 Å². The lowest BCUT2D eigenvalue weighted by Crippen LogP contribution is -2.61. The summed E-state index contributed by atoms with van der Waals surface area (Å²) in [5.74, 6) is 0.102. The second-order valence-electron chi connectivity index (χ2n) is 10.6. The fourth-order valence-corrected chi connectivity index (χ4v) is 7.10. The largest absolute Gasteiger partial charge is 0.497 e. The van der Waals surface area contributed by atoms with E-state index in [1.165, 1.54) is 6.42 Å². The van der Waals surface area contributed by atoms with Crippen LogP contribution < -0.4 is 4.74 Å². The van der Waals surface area contributed by atoms with Crippen LogP contribution in [-0.2, 0) is 15.0 Å². The molecular formula is C31H40O4. The minimum atomic E-state index is -1.33. The quantitative estimate of drug-likeness (QED) is 0.379. The summed E-state index contributed by atoms with van der Waals surface area (Å²) in [6.45, 7) is 2.06. The van der Waals surface area contributed by atoms with Crippen LogP contribution in [0.15, 0.2) is 48.5 Å². The van der Waals surface area contributed by atoms with Crippen molar-refractivity contribution < 1.29 is 19.4 Å². The van der Waals surface area contributed by atoms with Gasteiger partial charge in [0, 0.05) is 11.8 Å². The summed E-state index contributed by atoms with van der Waals surface area (Å²) in [6, 6.07) is 16.5. The van der Waals surface area contributed by atoms with Gasteiger partial charge in [-0.2, -0.15) is 0 Å². The third-order valence-electron chi connectivity index (χ3n) is 8.86. The first-order valence-electron chi connectivity index (χ1n) is 13.5. The molecule has 0 bridgehead atoms. The molecular weight excluding hydrogens is 436 g/mol. The van der Waals surface area contributed by atoms with Crippen molar-refractivity contribution in [3.8, 4) is 16.9 Å². The number of carboxylic acid groups (broad SMARTS) is 1. The van der Waals surface area contributed by atoms with Gasteiger partial charge in [0.15, 0.2) is 5.78 Å². The number of carbonyl (C=O) groups is 2. The van der Waals surface area contributed by atoms with Crippen molar-refractivity contribution in [1.29, 1.82) is 0 Å². The fraction of sp³-hybridized carbons (Fsp3) is 0.548. The lowest BCUT2D eigenvalue weighted by molar-refractivity contribution is -0.168. The van der Waals surface area contributed by atoms with E-state index in [2.05, 4.69) is 31.2 Å². The first-order chi connectivity index (χ1) is 17.0. The normalized spacial score (nSPS) is 25.2. The van der Waals surface area contributed by atoms with Crippen molar-refractivity contribution in [2.75, 3.05) is 7.11 Å². The van der Waals surface area contributed by atoms with Crippen LogP contribution in [0, 0.1) is 11.3 Å². The van der Waals surface area contributed by atoms with E-state index in [1.54, 1.807) is 7.11 Å². The van der Waals surface area contributed by atoms with Crippen molar-refractivity contribution in [1.82, 2.24) is 0 Å². The Hall–Kier alpha value is -2.62. The van der Waals surface area contributed by atoms with E-state index in [-0.39, 0.29) is 11.7 Å². The van der Waals surface area contributed by atoms with Gasteiger partial charge in [0.25, 0.3) is 0 Å². The van der Waals surface area contributed by atoms with Gasteiger partial charge in [-0.05, 0) is 66.8 Å². The zero-order chi connectivity index (χ0) is 24.9. The molecule has 2 fully saturated rings. The number of rotatable bonds is 9. The molecule has 0 aliphatic heterocycles. The number of carbonyl (C=O) groups excluding carboxylic acids is 1. The van der Waals surface area contributed by atoms with Crippen molar-refractivity contribution >= 4 is 11.8 Å². The van der Waals surface area contributed by atoms with Crippen LogP contribution >= 0.6 is 0 Å². The Labute approximate surface area is 210 Å². The molecule has 4 rings (SSSR count). The maximum Gasteiger partial charge on any atom is 0.318 e. The summed E-state index contributed by atoms with van der Waals surface area (Å²) in [5.41, 5.74) is 1.26. The van der Waals surface area contributed by atoms with Crippen molar-refractivity contribution in [2.45, 2.75) is 89.4 Å². The second-order valence-corrected chi connectivity index (χ2v) is 10.6. The Kier molecular flexibility index (Phi) is 7.98. The van der Waals surface area contributed by atoms with E-state index in [1.807, 2.05) is 24.3 Å². The molecule has 0 spiro atoms. The number of hydrogen-bond acceptors (Lipinski definition) is 3. The smallest absolute Gasteiger partial charge is 0.318 e. The number of benzene rings is 2. The van der Waals surface area contributed by atoms with Crippen molar-refractivity contribution in [3.63, 3.8) is 0 Å². The highest BCUT2D eigenvalue weighted by atomic mass is 16.5. The topological polar surface area (TPSA) is 63.6 Å².